The molecule has 0 unspecified atom stereocenters. The van der Waals surface area contributed by atoms with Gasteiger partial charge in [0.1, 0.15) is 12.3 Å². The van der Waals surface area contributed by atoms with Crippen molar-refractivity contribution in [1.29, 1.82) is 0 Å². The monoisotopic (exact) mass is 583 g/mol. The van der Waals surface area contributed by atoms with E-state index in [-0.39, 0.29) is 17.9 Å². The average Bonchev–Trinajstić information content (AvgIpc) is 3.43. The highest BCUT2D eigenvalue weighted by Gasteiger charge is 2.33. The number of rotatable bonds is 8. The van der Waals surface area contributed by atoms with Gasteiger partial charge in [-0.2, -0.15) is 18.3 Å². The number of hydrogen-bond donors (Lipinski definition) is 1. The first kappa shape index (κ1) is 30.1. The third kappa shape index (κ3) is 7.35. The van der Waals surface area contributed by atoms with Crippen LogP contribution >= 0.6 is 0 Å². The number of aryl methyl sites for hydroxylation is 1. The maximum atomic E-state index is 14.0. The zero-order valence-corrected chi connectivity index (χ0v) is 24.3. The first-order valence-electron chi connectivity index (χ1n) is 14.9. The lowest BCUT2D eigenvalue weighted by molar-refractivity contribution is -0.142. The van der Waals surface area contributed by atoms with E-state index < -0.39 is 12.7 Å². The predicted molar refractivity (Wildman–Crippen MR) is 156 cm³/mol. The number of benzene rings is 2. The highest BCUT2D eigenvalue weighted by Crippen LogP contribution is 2.39. The number of alkyl halides is 3. The number of aromatic nitrogens is 2. The summed E-state index contributed by atoms with van der Waals surface area (Å²) in [7, 11) is 1.69. The van der Waals surface area contributed by atoms with Crippen molar-refractivity contribution >= 4 is 11.6 Å². The van der Waals surface area contributed by atoms with Crippen LogP contribution in [0.15, 0.2) is 54.9 Å². The number of halogens is 3. The molecule has 6 nitrogen and oxygen atoms in total. The molecule has 9 heteroatoms. The van der Waals surface area contributed by atoms with E-state index in [0.29, 0.717) is 49.6 Å². The van der Waals surface area contributed by atoms with Gasteiger partial charge in [0.2, 0.25) is 5.91 Å². The number of hydrogen-bond acceptors (Lipinski definition) is 4. The van der Waals surface area contributed by atoms with Crippen molar-refractivity contribution < 1.29 is 27.8 Å². The number of amides is 1. The molecule has 2 aliphatic carbocycles. The SMILES string of the molecule is COc1ccc([C@H]2CC[C@H](CN(c3cccc(-c4cnn(CC(F)(F)F)c4)c3)C(=O)[C@H]3CC[C@H](O)CC3)CC2)cc1C. The molecule has 1 N–H and O–H groups in total. The molecule has 5 rings (SSSR count). The molecule has 0 saturated heterocycles. The van der Waals surface area contributed by atoms with E-state index in [2.05, 4.69) is 24.2 Å². The van der Waals surface area contributed by atoms with Crippen molar-refractivity contribution in [2.75, 3.05) is 18.6 Å². The van der Waals surface area contributed by atoms with Crippen molar-refractivity contribution in [2.24, 2.45) is 11.8 Å². The van der Waals surface area contributed by atoms with Gasteiger partial charge in [-0.25, -0.2) is 0 Å². The maximum Gasteiger partial charge on any atom is 0.408 e. The number of carbonyl (C=O) groups excluding carboxylic acids is 1. The molecule has 226 valence electrons. The first-order chi connectivity index (χ1) is 20.1. The minimum atomic E-state index is -4.35. The maximum absolute atomic E-state index is 14.0. The molecule has 1 heterocycles. The Morgan fingerprint density at radius 3 is 2.43 bits per heavy atom. The van der Waals surface area contributed by atoms with Gasteiger partial charge in [0.15, 0.2) is 0 Å². The van der Waals surface area contributed by atoms with Crippen molar-refractivity contribution in [3.05, 3.63) is 66.0 Å². The number of aliphatic hydroxyl groups excluding tert-OH is 1. The van der Waals surface area contributed by atoms with Crippen LogP contribution in [0.2, 0.25) is 0 Å². The smallest absolute Gasteiger partial charge is 0.408 e. The second-order valence-electron chi connectivity index (χ2n) is 12.0. The Labute approximate surface area is 245 Å². The number of methoxy groups -OCH3 is 1. The van der Waals surface area contributed by atoms with Crippen LogP contribution in [-0.4, -0.2) is 46.7 Å². The predicted octanol–water partition coefficient (Wildman–Crippen LogP) is 7.29. The van der Waals surface area contributed by atoms with Gasteiger partial charge in [-0.1, -0.05) is 24.3 Å². The first-order valence-corrected chi connectivity index (χ1v) is 14.9. The summed E-state index contributed by atoms with van der Waals surface area (Å²) in [5.41, 5.74) is 4.51. The normalized spacial score (nSPS) is 23.0. The molecule has 2 fully saturated rings. The van der Waals surface area contributed by atoms with Crippen molar-refractivity contribution in [3.8, 4) is 16.9 Å². The molecule has 3 aromatic rings. The molecule has 1 amide bonds. The Hall–Kier alpha value is -3.33. The largest absolute Gasteiger partial charge is 0.496 e. The fraction of sp³-hybridized carbons (Fsp3) is 0.515. The number of anilines is 1. The fourth-order valence-electron chi connectivity index (χ4n) is 6.59. The number of aliphatic hydroxyl groups is 1. The molecule has 0 bridgehead atoms. The quantitative estimate of drug-likeness (QED) is 0.303. The number of nitrogens with zero attached hydrogens (tertiary/aromatic N) is 3. The van der Waals surface area contributed by atoms with Gasteiger partial charge in [-0.05, 0) is 105 Å². The number of ether oxygens (including phenoxy) is 1. The molecule has 0 radical (unpaired) electrons. The van der Waals surface area contributed by atoms with Crippen LogP contribution in [0.3, 0.4) is 0 Å². The van der Waals surface area contributed by atoms with E-state index in [0.717, 1.165) is 52.9 Å². The minimum absolute atomic E-state index is 0.0692. The third-order valence-corrected chi connectivity index (χ3v) is 8.96. The van der Waals surface area contributed by atoms with E-state index in [1.54, 1.807) is 7.11 Å². The Balaban J connectivity index is 1.33. The van der Waals surface area contributed by atoms with E-state index in [1.165, 1.54) is 18.0 Å². The Kier molecular flexibility index (Phi) is 9.25. The highest BCUT2D eigenvalue weighted by molar-refractivity contribution is 5.95. The average molecular weight is 584 g/mol. The van der Waals surface area contributed by atoms with Crippen LogP contribution in [0, 0.1) is 18.8 Å². The summed E-state index contributed by atoms with van der Waals surface area (Å²) in [4.78, 5) is 15.9. The van der Waals surface area contributed by atoms with Crippen molar-refractivity contribution in [2.45, 2.75) is 83.0 Å². The highest BCUT2D eigenvalue weighted by atomic mass is 19.4. The molecular formula is C33H40F3N3O3. The van der Waals surface area contributed by atoms with Crippen LogP contribution in [-0.2, 0) is 11.3 Å². The van der Waals surface area contributed by atoms with Gasteiger partial charge in [0.25, 0.3) is 0 Å². The van der Waals surface area contributed by atoms with Gasteiger partial charge >= 0.3 is 6.18 Å². The van der Waals surface area contributed by atoms with Crippen LogP contribution in [0.4, 0.5) is 18.9 Å². The van der Waals surface area contributed by atoms with Crippen LogP contribution in [0.5, 0.6) is 5.75 Å². The van der Waals surface area contributed by atoms with Gasteiger partial charge in [-0.3, -0.25) is 9.48 Å². The van der Waals surface area contributed by atoms with E-state index in [4.69, 9.17) is 4.74 Å². The summed E-state index contributed by atoms with van der Waals surface area (Å²) in [5, 5.41) is 13.9. The lowest BCUT2D eigenvalue weighted by Gasteiger charge is -2.36. The Morgan fingerprint density at radius 2 is 1.76 bits per heavy atom. The second kappa shape index (κ2) is 12.9. The molecular weight excluding hydrogens is 543 g/mol. The molecule has 2 saturated carbocycles. The molecule has 42 heavy (non-hydrogen) atoms. The van der Waals surface area contributed by atoms with E-state index in [9.17, 15) is 23.1 Å². The van der Waals surface area contributed by atoms with Gasteiger partial charge < -0.3 is 14.7 Å². The summed E-state index contributed by atoms with van der Waals surface area (Å²) in [6.45, 7) is 1.52. The molecule has 0 aliphatic heterocycles. The second-order valence-corrected chi connectivity index (χ2v) is 12.0. The van der Waals surface area contributed by atoms with Gasteiger partial charge in [-0.15, -0.1) is 0 Å². The summed E-state index contributed by atoms with van der Waals surface area (Å²) in [6.07, 6.45) is 4.78. The third-order valence-electron chi connectivity index (χ3n) is 8.96. The Bertz CT molecular complexity index is 1360. The summed E-state index contributed by atoms with van der Waals surface area (Å²) < 4.78 is 45.0. The molecule has 2 aromatic carbocycles. The topological polar surface area (TPSA) is 67.6 Å². The fourth-order valence-corrected chi connectivity index (χ4v) is 6.59. The molecule has 0 spiro atoms. The van der Waals surface area contributed by atoms with Crippen LogP contribution < -0.4 is 9.64 Å². The summed E-state index contributed by atoms with van der Waals surface area (Å²) >= 11 is 0. The zero-order chi connectivity index (χ0) is 29.9. The summed E-state index contributed by atoms with van der Waals surface area (Å²) in [6, 6.07) is 13.9. The van der Waals surface area contributed by atoms with Crippen molar-refractivity contribution in [1.82, 2.24) is 9.78 Å². The molecule has 0 atom stereocenters. The minimum Gasteiger partial charge on any atom is -0.496 e. The lowest BCUT2D eigenvalue weighted by Crippen LogP contribution is -2.41. The van der Waals surface area contributed by atoms with E-state index in [1.807, 2.05) is 35.2 Å². The van der Waals surface area contributed by atoms with Gasteiger partial charge in [0, 0.05) is 29.9 Å². The van der Waals surface area contributed by atoms with Crippen molar-refractivity contribution in [3.63, 3.8) is 0 Å². The molecule has 2 aliphatic rings. The molecule has 1 aromatic heterocycles. The lowest BCUT2D eigenvalue weighted by atomic mass is 9.78. The van der Waals surface area contributed by atoms with Crippen LogP contribution in [0.1, 0.15) is 68.4 Å². The Morgan fingerprint density at radius 1 is 1.02 bits per heavy atom. The zero-order valence-electron chi connectivity index (χ0n) is 24.3. The summed E-state index contributed by atoms with van der Waals surface area (Å²) in [5.74, 6) is 1.64. The number of carbonyl (C=O) groups is 1. The van der Waals surface area contributed by atoms with Crippen LogP contribution in [0.25, 0.3) is 11.1 Å². The van der Waals surface area contributed by atoms with Gasteiger partial charge in [0.05, 0.1) is 19.4 Å². The van der Waals surface area contributed by atoms with E-state index >= 15 is 0 Å². The standard InChI is InChI=1S/C33H40F3N3O3/c1-22-16-27(12-15-31(22)42-2)24-8-6-23(7-9-24)19-39(32(41)25-10-13-30(40)14-11-25)29-5-3-4-26(17-29)28-18-37-38(20-28)21-33(34,35)36/h3-5,12,15-18,20,23-25,30,40H,6-11,13-14,19,21H2,1-2H3/t23-,24-,25-,30-.